The van der Waals surface area contributed by atoms with Gasteiger partial charge in [0.1, 0.15) is 12.6 Å². The van der Waals surface area contributed by atoms with E-state index in [9.17, 15) is 15.0 Å². The Kier molecular flexibility index (Phi) is 6.71. The zero-order valence-electron chi connectivity index (χ0n) is 14.1. The van der Waals surface area contributed by atoms with E-state index in [-0.39, 0.29) is 13.0 Å². The largest absolute Gasteiger partial charge is 0.480 e. The number of nitrogens with zero attached hydrogens (tertiary/aromatic N) is 1. The second-order valence-electron chi connectivity index (χ2n) is 6.42. The summed E-state index contributed by atoms with van der Waals surface area (Å²) in [5.74, 6) is -1.88. The van der Waals surface area contributed by atoms with Crippen molar-refractivity contribution in [1.82, 2.24) is 5.32 Å². The number of aliphatic hydroxyl groups is 1. The maximum atomic E-state index is 11.5. The van der Waals surface area contributed by atoms with E-state index in [4.69, 9.17) is 4.74 Å². The second kappa shape index (κ2) is 7.85. The fourth-order valence-corrected chi connectivity index (χ4v) is 2.31. The Labute approximate surface area is 132 Å². The Hall–Kier alpha value is -1.24. The smallest absolute Gasteiger partial charge is 0.321 e. The van der Waals surface area contributed by atoms with Gasteiger partial charge in [0.2, 0.25) is 5.79 Å². The van der Waals surface area contributed by atoms with Crippen LogP contribution in [0.15, 0.2) is 16.8 Å². The van der Waals surface area contributed by atoms with Gasteiger partial charge in [0, 0.05) is 17.8 Å². The lowest BCUT2D eigenvalue weighted by atomic mass is 9.97. The number of hydrogen-bond acceptors (Lipinski definition) is 5. The molecule has 1 aliphatic heterocycles. The predicted octanol–water partition coefficient (Wildman–Crippen LogP) is 1.94. The van der Waals surface area contributed by atoms with Gasteiger partial charge in [0.25, 0.3) is 0 Å². The minimum absolute atomic E-state index is 0.242. The highest BCUT2D eigenvalue weighted by Crippen LogP contribution is 2.31. The lowest BCUT2D eigenvalue weighted by Gasteiger charge is -2.27. The van der Waals surface area contributed by atoms with Crippen molar-refractivity contribution < 1.29 is 19.7 Å². The first-order chi connectivity index (χ1) is 10.2. The molecule has 126 valence electrons. The summed E-state index contributed by atoms with van der Waals surface area (Å²) in [5.41, 5.74) is 1.59. The number of ether oxygens (including phenoxy) is 1. The molecule has 6 heteroatoms. The van der Waals surface area contributed by atoms with Gasteiger partial charge in [-0.15, -0.1) is 0 Å². The average Bonchev–Trinajstić information content (AvgIpc) is 3.13. The third-order valence-electron chi connectivity index (χ3n) is 3.51. The monoisotopic (exact) mass is 312 g/mol. The molecule has 3 N–H and O–H groups in total. The highest BCUT2D eigenvalue weighted by molar-refractivity contribution is 5.80. The number of aliphatic carboxylic acids is 1. The van der Waals surface area contributed by atoms with Gasteiger partial charge in [-0.2, -0.15) is 0 Å². The first kappa shape index (κ1) is 18.8. The highest BCUT2D eigenvalue weighted by Gasteiger charge is 2.51. The van der Waals surface area contributed by atoms with E-state index in [0.29, 0.717) is 18.0 Å². The number of nitrogens with one attached hydrogen (secondary N) is 1. The van der Waals surface area contributed by atoms with E-state index in [1.54, 1.807) is 0 Å². The predicted molar refractivity (Wildman–Crippen MR) is 85.9 cm³/mol. The molecule has 0 amide bonds. The summed E-state index contributed by atoms with van der Waals surface area (Å²) in [6.45, 7) is 9.87. The Morgan fingerprint density at radius 3 is 2.41 bits per heavy atom. The lowest BCUT2D eigenvalue weighted by molar-refractivity contribution is -0.140. The molecule has 3 atom stereocenters. The second-order valence-corrected chi connectivity index (χ2v) is 6.42. The van der Waals surface area contributed by atoms with Crippen LogP contribution in [-0.2, 0) is 9.53 Å². The zero-order valence-corrected chi connectivity index (χ0v) is 14.1. The standard InChI is InChI=1S/C16H28N2O4/c1-6-12(17-11(4)5)8-13(15(19)20)18-14(7-10(2)3)16(21)9-22-16/h6,10,13-14,18,21H,7-9H2,1-5H3,(H,19,20)/b12-6-/t13-,14?,16?/m0/s1. The fraction of sp³-hybridized carbons (Fsp3) is 0.750. The van der Waals surface area contributed by atoms with E-state index in [1.165, 1.54) is 0 Å². The Morgan fingerprint density at radius 1 is 1.45 bits per heavy atom. The quantitative estimate of drug-likeness (QED) is 0.447. The van der Waals surface area contributed by atoms with Crippen molar-refractivity contribution in [2.75, 3.05) is 6.61 Å². The molecule has 1 saturated heterocycles. The lowest BCUT2D eigenvalue weighted by Crippen LogP contribution is -2.51. The molecule has 1 rings (SSSR count). The molecular weight excluding hydrogens is 284 g/mol. The number of hydrogen-bond donors (Lipinski definition) is 3. The van der Waals surface area contributed by atoms with Gasteiger partial charge in [-0.3, -0.25) is 15.1 Å². The van der Waals surface area contributed by atoms with E-state index < -0.39 is 23.8 Å². The van der Waals surface area contributed by atoms with Crippen molar-refractivity contribution in [3.63, 3.8) is 0 Å². The SMILES string of the molecule is C/C=C(/C[C@H](NC(CC(C)C)C1(O)CO1)C(=O)O)N=C(C)C. The molecule has 2 unspecified atom stereocenters. The van der Waals surface area contributed by atoms with Gasteiger partial charge in [0.05, 0.1) is 6.04 Å². The third-order valence-corrected chi connectivity index (χ3v) is 3.51. The summed E-state index contributed by atoms with van der Waals surface area (Å²) >= 11 is 0. The summed E-state index contributed by atoms with van der Waals surface area (Å²) in [6.07, 6.45) is 2.72. The van der Waals surface area contributed by atoms with E-state index in [1.807, 2.05) is 40.7 Å². The third kappa shape index (κ3) is 5.87. The van der Waals surface area contributed by atoms with Crippen LogP contribution in [-0.4, -0.2) is 46.4 Å². The highest BCUT2D eigenvalue weighted by atomic mass is 16.7. The molecule has 1 fully saturated rings. The normalized spacial score (nSPS) is 24.0. The Balaban J connectivity index is 2.81. The van der Waals surface area contributed by atoms with Gasteiger partial charge in [-0.1, -0.05) is 19.9 Å². The number of carbonyl (C=O) groups is 1. The molecular formula is C16H28N2O4. The molecule has 1 aliphatic rings. The summed E-state index contributed by atoms with van der Waals surface area (Å²) in [6, 6.07) is -1.22. The van der Waals surface area contributed by atoms with Crippen molar-refractivity contribution in [1.29, 1.82) is 0 Å². The summed E-state index contributed by atoms with van der Waals surface area (Å²) < 4.78 is 5.09. The van der Waals surface area contributed by atoms with Gasteiger partial charge in [-0.05, 0) is 33.1 Å². The summed E-state index contributed by atoms with van der Waals surface area (Å²) in [5, 5.41) is 22.7. The molecule has 1 heterocycles. The number of rotatable bonds is 9. The average molecular weight is 312 g/mol. The molecule has 0 aromatic heterocycles. The van der Waals surface area contributed by atoms with E-state index >= 15 is 0 Å². The number of carboxylic acid groups (broad SMARTS) is 1. The van der Waals surface area contributed by atoms with Crippen LogP contribution in [0.4, 0.5) is 0 Å². The molecule has 22 heavy (non-hydrogen) atoms. The summed E-state index contributed by atoms with van der Waals surface area (Å²) in [4.78, 5) is 15.9. The number of aliphatic imine (C=N–C) groups is 1. The number of carboxylic acids is 1. The zero-order chi connectivity index (χ0) is 16.9. The Morgan fingerprint density at radius 2 is 2.05 bits per heavy atom. The first-order valence-electron chi connectivity index (χ1n) is 7.70. The molecule has 0 saturated carbocycles. The van der Waals surface area contributed by atoms with Crippen molar-refractivity contribution >= 4 is 11.7 Å². The fourth-order valence-electron chi connectivity index (χ4n) is 2.31. The number of allylic oxidation sites excluding steroid dienone is 1. The van der Waals surface area contributed by atoms with Crippen LogP contribution in [0.25, 0.3) is 0 Å². The van der Waals surface area contributed by atoms with Crippen molar-refractivity contribution in [2.24, 2.45) is 10.9 Å². The van der Waals surface area contributed by atoms with Crippen molar-refractivity contribution in [2.45, 2.75) is 65.3 Å². The van der Waals surface area contributed by atoms with Crippen LogP contribution in [0.3, 0.4) is 0 Å². The van der Waals surface area contributed by atoms with Gasteiger partial charge < -0.3 is 14.9 Å². The molecule has 0 bridgehead atoms. The maximum Gasteiger partial charge on any atom is 0.321 e. The molecule has 6 nitrogen and oxygen atoms in total. The van der Waals surface area contributed by atoms with Crippen LogP contribution >= 0.6 is 0 Å². The van der Waals surface area contributed by atoms with Gasteiger partial charge in [0.15, 0.2) is 0 Å². The summed E-state index contributed by atoms with van der Waals surface area (Å²) in [7, 11) is 0. The topological polar surface area (TPSA) is 94.5 Å². The maximum absolute atomic E-state index is 11.5. The van der Waals surface area contributed by atoms with Crippen LogP contribution < -0.4 is 5.32 Å². The molecule has 0 aliphatic carbocycles. The number of epoxide rings is 1. The van der Waals surface area contributed by atoms with Crippen LogP contribution in [0.2, 0.25) is 0 Å². The van der Waals surface area contributed by atoms with E-state index in [0.717, 1.165) is 5.71 Å². The van der Waals surface area contributed by atoms with Crippen LogP contribution in [0.5, 0.6) is 0 Å². The van der Waals surface area contributed by atoms with Crippen molar-refractivity contribution in [3.05, 3.63) is 11.8 Å². The minimum atomic E-state index is -1.24. The van der Waals surface area contributed by atoms with Crippen molar-refractivity contribution in [3.8, 4) is 0 Å². The Bertz CT molecular complexity index is 449. The van der Waals surface area contributed by atoms with Crippen LogP contribution in [0, 0.1) is 5.92 Å². The molecule has 0 aromatic carbocycles. The van der Waals surface area contributed by atoms with Gasteiger partial charge in [-0.25, -0.2) is 0 Å². The van der Waals surface area contributed by atoms with E-state index in [2.05, 4.69) is 10.3 Å². The van der Waals surface area contributed by atoms with Crippen LogP contribution in [0.1, 0.15) is 47.5 Å². The van der Waals surface area contributed by atoms with Gasteiger partial charge >= 0.3 is 5.97 Å². The molecule has 0 spiro atoms. The minimum Gasteiger partial charge on any atom is -0.480 e. The molecule has 0 aromatic rings. The first-order valence-corrected chi connectivity index (χ1v) is 7.70. The molecule has 0 radical (unpaired) electrons.